The largest absolute Gasteiger partial charge is 0.444 e. The van der Waals surface area contributed by atoms with Crippen LogP contribution in [0.15, 0.2) is 0 Å². The number of amides is 2. The number of fused-ring (bicyclic) bond motifs is 1. The fraction of sp³-hybridized carbons (Fsp3) is 0.737. The summed E-state index contributed by atoms with van der Waals surface area (Å²) in [6.07, 6.45) is 1.17. The summed E-state index contributed by atoms with van der Waals surface area (Å²) in [6.45, 7) is 14.3. The van der Waals surface area contributed by atoms with Crippen molar-refractivity contribution in [2.45, 2.75) is 59.6 Å². The summed E-state index contributed by atoms with van der Waals surface area (Å²) in [5.41, 5.74) is 1.54. The zero-order valence-corrected chi connectivity index (χ0v) is 17.2. The Bertz CT molecular complexity index is 646. The van der Waals surface area contributed by atoms with Gasteiger partial charge in [-0.25, -0.2) is 4.79 Å². The topological polar surface area (TPSA) is 90.6 Å². The molecule has 0 saturated heterocycles. The average Bonchev–Trinajstić information content (AvgIpc) is 3.03. The maximum Gasteiger partial charge on any atom is 0.410 e. The Balaban J connectivity index is 1.93. The van der Waals surface area contributed by atoms with Gasteiger partial charge in [0.1, 0.15) is 5.60 Å². The van der Waals surface area contributed by atoms with Crippen LogP contribution in [0.4, 0.5) is 4.79 Å². The van der Waals surface area contributed by atoms with Crippen LogP contribution in [-0.2, 0) is 17.7 Å². The SMILES string of the molecule is CCN(CC)CCCNC(=O)c1n[nH]c2c1CN(C(=O)OC(C)(C)C)CC2. The molecule has 1 aromatic heterocycles. The summed E-state index contributed by atoms with van der Waals surface area (Å²) < 4.78 is 5.44. The molecule has 0 aliphatic carbocycles. The zero-order chi connectivity index (χ0) is 20.0. The number of aromatic amines is 1. The van der Waals surface area contributed by atoms with Gasteiger partial charge in [-0.05, 0) is 46.8 Å². The van der Waals surface area contributed by atoms with Crippen LogP contribution < -0.4 is 5.32 Å². The van der Waals surface area contributed by atoms with E-state index in [0.29, 0.717) is 31.7 Å². The molecular weight excluding hydrogens is 346 g/mol. The highest BCUT2D eigenvalue weighted by molar-refractivity contribution is 5.94. The second-order valence-corrected chi connectivity index (χ2v) is 7.82. The number of carbonyl (C=O) groups is 2. The first-order valence-electron chi connectivity index (χ1n) is 9.79. The van der Waals surface area contributed by atoms with E-state index >= 15 is 0 Å². The minimum Gasteiger partial charge on any atom is -0.444 e. The molecule has 0 spiro atoms. The lowest BCUT2D eigenvalue weighted by atomic mass is 10.1. The van der Waals surface area contributed by atoms with E-state index in [-0.39, 0.29) is 12.0 Å². The van der Waals surface area contributed by atoms with Crippen LogP contribution in [0.5, 0.6) is 0 Å². The van der Waals surface area contributed by atoms with E-state index in [9.17, 15) is 9.59 Å². The van der Waals surface area contributed by atoms with Gasteiger partial charge in [0, 0.05) is 30.8 Å². The molecule has 8 nitrogen and oxygen atoms in total. The van der Waals surface area contributed by atoms with Crippen molar-refractivity contribution in [1.82, 2.24) is 25.3 Å². The van der Waals surface area contributed by atoms with E-state index in [1.807, 2.05) is 20.8 Å². The highest BCUT2D eigenvalue weighted by Gasteiger charge is 2.30. The van der Waals surface area contributed by atoms with Gasteiger partial charge in [0.2, 0.25) is 0 Å². The Kier molecular flexibility index (Phi) is 7.24. The van der Waals surface area contributed by atoms with E-state index in [1.54, 1.807) is 4.90 Å². The summed E-state index contributed by atoms with van der Waals surface area (Å²) >= 11 is 0. The lowest BCUT2D eigenvalue weighted by molar-refractivity contribution is 0.0222. The van der Waals surface area contributed by atoms with Crippen LogP contribution >= 0.6 is 0 Å². The third kappa shape index (κ3) is 5.95. The molecule has 2 amide bonds. The summed E-state index contributed by atoms with van der Waals surface area (Å²) in [7, 11) is 0. The Labute approximate surface area is 161 Å². The van der Waals surface area contributed by atoms with E-state index in [2.05, 4.69) is 34.3 Å². The molecule has 152 valence electrons. The van der Waals surface area contributed by atoms with Gasteiger partial charge in [-0.1, -0.05) is 13.8 Å². The van der Waals surface area contributed by atoms with Gasteiger partial charge in [-0.3, -0.25) is 9.89 Å². The minimum absolute atomic E-state index is 0.196. The van der Waals surface area contributed by atoms with E-state index in [4.69, 9.17) is 4.74 Å². The second-order valence-electron chi connectivity index (χ2n) is 7.82. The third-order valence-electron chi connectivity index (χ3n) is 4.63. The Morgan fingerprint density at radius 3 is 2.63 bits per heavy atom. The number of aromatic nitrogens is 2. The van der Waals surface area contributed by atoms with Gasteiger partial charge in [-0.15, -0.1) is 0 Å². The molecule has 0 fully saturated rings. The number of nitrogens with one attached hydrogen (secondary N) is 2. The van der Waals surface area contributed by atoms with Crippen LogP contribution in [0, 0.1) is 0 Å². The molecule has 27 heavy (non-hydrogen) atoms. The minimum atomic E-state index is -0.543. The van der Waals surface area contributed by atoms with Crippen LogP contribution in [0.3, 0.4) is 0 Å². The summed E-state index contributed by atoms with van der Waals surface area (Å²) in [5.74, 6) is -0.196. The Morgan fingerprint density at radius 2 is 2.00 bits per heavy atom. The average molecular weight is 380 g/mol. The summed E-state index contributed by atoms with van der Waals surface area (Å²) in [4.78, 5) is 28.8. The molecule has 1 aromatic rings. The molecule has 0 aromatic carbocycles. The van der Waals surface area contributed by atoms with Gasteiger partial charge in [0.15, 0.2) is 5.69 Å². The van der Waals surface area contributed by atoms with E-state index < -0.39 is 5.60 Å². The zero-order valence-electron chi connectivity index (χ0n) is 17.2. The monoisotopic (exact) mass is 379 g/mol. The molecule has 2 N–H and O–H groups in total. The quantitative estimate of drug-likeness (QED) is 0.709. The normalized spacial score (nSPS) is 14.2. The fourth-order valence-electron chi connectivity index (χ4n) is 3.09. The van der Waals surface area contributed by atoms with E-state index in [0.717, 1.165) is 37.3 Å². The maximum absolute atomic E-state index is 12.5. The molecule has 0 unspecified atom stereocenters. The van der Waals surface area contributed by atoms with Crippen molar-refractivity contribution in [1.29, 1.82) is 0 Å². The lowest BCUT2D eigenvalue weighted by Crippen LogP contribution is -2.40. The van der Waals surface area contributed by atoms with Crippen LogP contribution in [-0.4, -0.2) is 70.3 Å². The molecule has 1 aliphatic heterocycles. The molecule has 8 heteroatoms. The molecule has 2 heterocycles. The standard InChI is InChI=1S/C19H33N5O3/c1-6-23(7-2)11-8-10-20-17(25)16-14-13-24(12-9-15(14)21-22-16)18(26)27-19(3,4)5/h6-13H2,1-5H3,(H,20,25)(H,21,22). The first-order valence-corrected chi connectivity index (χ1v) is 9.79. The number of rotatable bonds is 7. The van der Waals surface area contributed by atoms with Crippen LogP contribution in [0.2, 0.25) is 0 Å². The van der Waals surface area contributed by atoms with Crippen molar-refractivity contribution in [2.24, 2.45) is 0 Å². The summed E-state index contributed by atoms with van der Waals surface area (Å²) in [6, 6.07) is 0. The van der Waals surface area contributed by atoms with Crippen molar-refractivity contribution < 1.29 is 14.3 Å². The molecule has 0 atom stereocenters. The van der Waals surface area contributed by atoms with Crippen LogP contribution in [0.1, 0.15) is 62.8 Å². The predicted molar refractivity (Wildman–Crippen MR) is 104 cm³/mol. The highest BCUT2D eigenvalue weighted by atomic mass is 16.6. The number of nitrogens with zero attached hydrogens (tertiary/aromatic N) is 3. The van der Waals surface area contributed by atoms with Gasteiger partial charge in [-0.2, -0.15) is 5.10 Å². The van der Waals surface area contributed by atoms with Gasteiger partial charge < -0.3 is 19.9 Å². The van der Waals surface area contributed by atoms with Crippen molar-refractivity contribution >= 4 is 12.0 Å². The molecule has 0 radical (unpaired) electrons. The highest BCUT2D eigenvalue weighted by Crippen LogP contribution is 2.22. The number of hydrogen-bond donors (Lipinski definition) is 2. The smallest absolute Gasteiger partial charge is 0.410 e. The predicted octanol–water partition coefficient (Wildman–Crippen LogP) is 2.16. The molecule has 0 saturated carbocycles. The number of ether oxygens (including phenoxy) is 1. The molecule has 2 rings (SSSR count). The summed E-state index contributed by atoms with van der Waals surface area (Å²) in [5, 5.41) is 10.1. The number of H-pyrrole nitrogens is 1. The number of hydrogen-bond acceptors (Lipinski definition) is 5. The van der Waals surface area contributed by atoms with Gasteiger partial charge in [0.05, 0.1) is 6.54 Å². The Morgan fingerprint density at radius 1 is 1.30 bits per heavy atom. The van der Waals surface area contributed by atoms with Gasteiger partial charge in [0.25, 0.3) is 5.91 Å². The molecule has 1 aliphatic rings. The lowest BCUT2D eigenvalue weighted by Gasteiger charge is -2.30. The van der Waals surface area contributed by atoms with Crippen molar-refractivity contribution in [2.75, 3.05) is 32.7 Å². The van der Waals surface area contributed by atoms with Crippen LogP contribution in [0.25, 0.3) is 0 Å². The first kappa shape index (κ1) is 21.2. The van der Waals surface area contributed by atoms with Crippen molar-refractivity contribution in [3.63, 3.8) is 0 Å². The van der Waals surface area contributed by atoms with Crippen molar-refractivity contribution in [3.8, 4) is 0 Å². The molecular formula is C19H33N5O3. The maximum atomic E-state index is 12.5. The third-order valence-corrected chi connectivity index (χ3v) is 4.63. The van der Waals surface area contributed by atoms with Gasteiger partial charge >= 0.3 is 6.09 Å². The van der Waals surface area contributed by atoms with E-state index in [1.165, 1.54) is 0 Å². The molecule has 0 bridgehead atoms. The second kappa shape index (κ2) is 9.21. The van der Waals surface area contributed by atoms with Crippen molar-refractivity contribution in [3.05, 3.63) is 17.0 Å². The first-order chi connectivity index (χ1) is 12.7. The fourth-order valence-corrected chi connectivity index (χ4v) is 3.09. The number of carbonyl (C=O) groups excluding carboxylic acids is 2. The Hall–Kier alpha value is -2.09.